The van der Waals surface area contributed by atoms with Gasteiger partial charge in [0.15, 0.2) is 17.5 Å². The van der Waals surface area contributed by atoms with Gasteiger partial charge in [0.25, 0.3) is 0 Å². The molecule has 10 aromatic carbocycles. The maximum absolute atomic E-state index is 5.12. The molecule has 0 saturated heterocycles. The maximum Gasteiger partial charge on any atom is 0.164 e. The molecule has 318 valence electrons. The van der Waals surface area contributed by atoms with E-state index < -0.39 is 5.41 Å². The molecular weight excluding hydrogens is 825 g/mol. The standard InChI is InChI=1S/C64H42N4/c1-4-16-43(17-5-1)44-28-30-45(31-29-44)46-32-36-49(37-33-46)62-65-61(48-18-6-2-7-19-48)66-63(67-62)50-38-34-47(35-39-50)51-40-41-58-60(42-51)68(52-20-8-3-9-21-52)59-27-15-14-26-57(59)64(58)55-24-12-10-22-53(55)54-23-11-13-25-56(54)64/h1-42H. The Labute approximate surface area is 396 Å². The monoisotopic (exact) mass is 866 g/mol. The first-order chi connectivity index (χ1) is 33.7. The highest BCUT2D eigenvalue weighted by molar-refractivity contribution is 5.97. The molecule has 0 saturated carbocycles. The predicted octanol–water partition coefficient (Wildman–Crippen LogP) is 16.0. The van der Waals surface area contributed by atoms with E-state index >= 15 is 0 Å². The number of aromatic nitrogens is 3. The van der Waals surface area contributed by atoms with Crippen molar-refractivity contribution >= 4 is 17.1 Å². The molecule has 4 heteroatoms. The zero-order valence-electron chi connectivity index (χ0n) is 37.0. The van der Waals surface area contributed by atoms with Crippen molar-refractivity contribution in [1.82, 2.24) is 15.0 Å². The van der Waals surface area contributed by atoms with E-state index in [9.17, 15) is 0 Å². The number of hydrogen-bond acceptors (Lipinski definition) is 4. The van der Waals surface area contributed by atoms with Gasteiger partial charge in [0.05, 0.1) is 16.8 Å². The van der Waals surface area contributed by atoms with E-state index in [1.807, 2.05) is 36.4 Å². The van der Waals surface area contributed by atoms with Crippen LogP contribution in [-0.2, 0) is 5.41 Å². The van der Waals surface area contributed by atoms with E-state index in [2.05, 4.69) is 223 Å². The first-order valence-corrected chi connectivity index (χ1v) is 23.2. The smallest absolute Gasteiger partial charge is 0.164 e. The predicted molar refractivity (Wildman–Crippen MR) is 278 cm³/mol. The topological polar surface area (TPSA) is 41.9 Å². The van der Waals surface area contributed by atoms with Crippen molar-refractivity contribution in [1.29, 1.82) is 0 Å². The molecule has 0 N–H and O–H groups in total. The highest BCUT2D eigenvalue weighted by Gasteiger charge is 2.51. The Morgan fingerprint density at radius 3 is 1.10 bits per heavy atom. The van der Waals surface area contributed by atoms with Crippen molar-refractivity contribution in [3.05, 3.63) is 277 Å². The van der Waals surface area contributed by atoms with Crippen molar-refractivity contribution in [2.45, 2.75) is 5.41 Å². The lowest BCUT2D eigenvalue weighted by Gasteiger charge is -2.45. The molecule has 1 aromatic heterocycles. The number of rotatable bonds is 7. The van der Waals surface area contributed by atoms with Crippen LogP contribution in [0.4, 0.5) is 17.1 Å². The van der Waals surface area contributed by atoms with Crippen LogP contribution in [0.5, 0.6) is 0 Å². The van der Waals surface area contributed by atoms with Gasteiger partial charge in [-0.05, 0) is 91.0 Å². The number of para-hydroxylation sites is 2. The van der Waals surface area contributed by atoms with Crippen LogP contribution < -0.4 is 4.90 Å². The molecule has 0 fully saturated rings. The first kappa shape index (κ1) is 39.4. The maximum atomic E-state index is 5.12. The van der Waals surface area contributed by atoms with Gasteiger partial charge in [0, 0.05) is 22.4 Å². The fourth-order valence-corrected chi connectivity index (χ4v) is 10.6. The minimum absolute atomic E-state index is 0.492. The summed E-state index contributed by atoms with van der Waals surface area (Å²) in [6, 6.07) is 91.3. The first-order valence-electron chi connectivity index (χ1n) is 23.2. The SMILES string of the molecule is c1ccc(-c2ccc(-c3ccc(-c4nc(-c5ccccc5)nc(-c5ccc(-c6ccc7c(c6)N(c6ccccc6)c6ccccc6C76c7ccccc7-c7ccccc76)cc5)n4)cc3)cc2)cc1. The van der Waals surface area contributed by atoms with Crippen LogP contribution in [0.3, 0.4) is 0 Å². The second-order valence-corrected chi connectivity index (χ2v) is 17.5. The largest absolute Gasteiger partial charge is 0.310 e. The molecule has 68 heavy (non-hydrogen) atoms. The Morgan fingerprint density at radius 1 is 0.250 bits per heavy atom. The summed E-state index contributed by atoms with van der Waals surface area (Å²) in [6.45, 7) is 0. The van der Waals surface area contributed by atoms with Gasteiger partial charge in [-0.2, -0.15) is 0 Å². The Balaban J connectivity index is 0.891. The number of benzene rings is 10. The summed E-state index contributed by atoms with van der Waals surface area (Å²) in [7, 11) is 0. The number of nitrogens with zero attached hydrogens (tertiary/aromatic N) is 4. The number of hydrogen-bond donors (Lipinski definition) is 0. The Morgan fingerprint density at radius 2 is 0.588 bits per heavy atom. The van der Waals surface area contributed by atoms with Crippen LogP contribution in [0.25, 0.3) is 78.7 Å². The molecule has 1 aliphatic heterocycles. The van der Waals surface area contributed by atoms with E-state index in [0.717, 1.165) is 50.3 Å². The van der Waals surface area contributed by atoms with Gasteiger partial charge in [-0.25, -0.2) is 15.0 Å². The molecule has 0 bridgehead atoms. The molecule has 0 atom stereocenters. The molecule has 0 unspecified atom stereocenters. The highest BCUT2D eigenvalue weighted by atomic mass is 15.2. The van der Waals surface area contributed by atoms with Crippen molar-refractivity contribution in [2.75, 3.05) is 4.90 Å². The lowest BCUT2D eigenvalue weighted by atomic mass is 9.64. The molecule has 2 heterocycles. The fourth-order valence-electron chi connectivity index (χ4n) is 10.6. The Kier molecular flexibility index (Phi) is 9.36. The zero-order valence-corrected chi connectivity index (χ0v) is 37.0. The summed E-state index contributed by atoms with van der Waals surface area (Å²) in [5.41, 5.74) is 20.4. The van der Waals surface area contributed by atoms with Crippen molar-refractivity contribution in [3.63, 3.8) is 0 Å². The fraction of sp³-hybridized carbons (Fsp3) is 0.0156. The van der Waals surface area contributed by atoms with Crippen molar-refractivity contribution in [3.8, 4) is 78.7 Å². The normalized spacial score (nSPS) is 12.8. The van der Waals surface area contributed by atoms with Gasteiger partial charge in [-0.1, -0.05) is 231 Å². The second kappa shape index (κ2) is 16.2. The third-order valence-corrected chi connectivity index (χ3v) is 13.8. The Hall–Kier alpha value is -8.99. The molecule has 2 aliphatic rings. The van der Waals surface area contributed by atoms with Gasteiger partial charge in [0.2, 0.25) is 0 Å². The average Bonchev–Trinajstić information content (AvgIpc) is 3.72. The van der Waals surface area contributed by atoms with Crippen LogP contribution >= 0.6 is 0 Å². The summed E-state index contributed by atoms with van der Waals surface area (Å²) in [6.07, 6.45) is 0. The van der Waals surface area contributed by atoms with Crippen LogP contribution in [0.2, 0.25) is 0 Å². The molecule has 0 radical (unpaired) electrons. The Bertz CT molecular complexity index is 3600. The second-order valence-electron chi connectivity index (χ2n) is 17.5. The van der Waals surface area contributed by atoms with Gasteiger partial charge in [-0.15, -0.1) is 0 Å². The number of fused-ring (bicyclic) bond motifs is 9. The summed E-state index contributed by atoms with van der Waals surface area (Å²) in [5.74, 6) is 1.89. The van der Waals surface area contributed by atoms with Gasteiger partial charge in [-0.3, -0.25) is 0 Å². The highest BCUT2D eigenvalue weighted by Crippen LogP contribution is 2.63. The van der Waals surface area contributed by atoms with Gasteiger partial charge >= 0.3 is 0 Å². The van der Waals surface area contributed by atoms with E-state index in [1.165, 1.54) is 50.2 Å². The summed E-state index contributed by atoms with van der Waals surface area (Å²) in [4.78, 5) is 17.7. The molecule has 1 aliphatic carbocycles. The van der Waals surface area contributed by atoms with E-state index in [4.69, 9.17) is 15.0 Å². The van der Waals surface area contributed by atoms with Crippen LogP contribution in [0.1, 0.15) is 22.3 Å². The quantitative estimate of drug-likeness (QED) is 0.160. The molecule has 0 amide bonds. The van der Waals surface area contributed by atoms with Crippen LogP contribution in [0, 0.1) is 0 Å². The molecule has 11 aromatic rings. The summed E-state index contributed by atoms with van der Waals surface area (Å²) in [5, 5.41) is 0. The third kappa shape index (κ3) is 6.41. The van der Waals surface area contributed by atoms with Crippen molar-refractivity contribution in [2.24, 2.45) is 0 Å². The van der Waals surface area contributed by atoms with Gasteiger partial charge < -0.3 is 4.90 Å². The van der Waals surface area contributed by atoms with E-state index in [0.29, 0.717) is 17.5 Å². The summed E-state index contributed by atoms with van der Waals surface area (Å²) < 4.78 is 0. The lowest BCUT2D eigenvalue weighted by molar-refractivity contribution is 0.753. The van der Waals surface area contributed by atoms with Crippen LogP contribution in [0.15, 0.2) is 255 Å². The molecule has 13 rings (SSSR count). The van der Waals surface area contributed by atoms with E-state index in [-0.39, 0.29) is 0 Å². The van der Waals surface area contributed by atoms with Gasteiger partial charge in [0.1, 0.15) is 0 Å². The van der Waals surface area contributed by atoms with Crippen LogP contribution in [-0.4, -0.2) is 15.0 Å². The minimum Gasteiger partial charge on any atom is -0.310 e. The van der Waals surface area contributed by atoms with Crippen molar-refractivity contribution < 1.29 is 0 Å². The minimum atomic E-state index is -0.492. The number of anilines is 3. The molecule has 1 spiro atoms. The average molecular weight is 867 g/mol. The summed E-state index contributed by atoms with van der Waals surface area (Å²) >= 11 is 0. The zero-order chi connectivity index (χ0) is 45.0. The third-order valence-electron chi connectivity index (χ3n) is 13.8. The lowest BCUT2D eigenvalue weighted by Crippen LogP contribution is -2.36. The van der Waals surface area contributed by atoms with E-state index in [1.54, 1.807) is 0 Å². The molecule has 4 nitrogen and oxygen atoms in total. The molecular formula is C64H42N4.